The Morgan fingerprint density at radius 3 is 2.78 bits per heavy atom. The SMILES string of the molecule is Cc1csc2c3ncc(Br)cc3n(C(c3ccccc3)C3CCOCC3)c12. The van der Waals surface area contributed by atoms with Crippen LogP contribution in [0, 0.1) is 12.8 Å². The lowest BCUT2D eigenvalue weighted by atomic mass is 9.86. The highest BCUT2D eigenvalue weighted by Gasteiger charge is 2.30. The first-order valence-corrected chi connectivity index (χ1v) is 11.1. The van der Waals surface area contributed by atoms with Crippen molar-refractivity contribution >= 4 is 48.5 Å². The molecule has 5 heteroatoms. The molecule has 0 aliphatic carbocycles. The largest absolute Gasteiger partial charge is 0.381 e. The molecule has 1 fully saturated rings. The summed E-state index contributed by atoms with van der Waals surface area (Å²) in [6.07, 6.45) is 4.09. The van der Waals surface area contributed by atoms with Crippen molar-refractivity contribution in [2.75, 3.05) is 13.2 Å². The molecule has 4 heterocycles. The molecule has 0 saturated carbocycles. The minimum Gasteiger partial charge on any atom is -0.381 e. The van der Waals surface area contributed by atoms with Gasteiger partial charge in [0.1, 0.15) is 5.52 Å². The van der Waals surface area contributed by atoms with Gasteiger partial charge in [-0.15, -0.1) is 11.3 Å². The fourth-order valence-corrected chi connectivity index (χ4v) is 5.78. The van der Waals surface area contributed by atoms with Gasteiger partial charge in [0.05, 0.1) is 21.8 Å². The topological polar surface area (TPSA) is 27.1 Å². The Bertz CT molecular complexity index is 1100. The molecule has 3 nitrogen and oxygen atoms in total. The van der Waals surface area contributed by atoms with E-state index in [2.05, 4.69) is 69.2 Å². The Morgan fingerprint density at radius 2 is 2.00 bits per heavy atom. The van der Waals surface area contributed by atoms with Crippen molar-refractivity contribution in [1.82, 2.24) is 9.55 Å². The molecule has 0 N–H and O–H groups in total. The Balaban J connectivity index is 1.83. The first kappa shape index (κ1) is 17.4. The molecule has 0 radical (unpaired) electrons. The molecular weight excluding hydrogens is 420 g/mol. The van der Waals surface area contributed by atoms with E-state index in [9.17, 15) is 0 Å². The van der Waals surface area contributed by atoms with Gasteiger partial charge in [-0.25, -0.2) is 0 Å². The molecule has 1 aromatic carbocycles. The van der Waals surface area contributed by atoms with Gasteiger partial charge >= 0.3 is 0 Å². The maximum atomic E-state index is 5.68. The first-order chi connectivity index (χ1) is 13.2. The maximum absolute atomic E-state index is 5.68. The number of hydrogen-bond donors (Lipinski definition) is 0. The monoisotopic (exact) mass is 440 g/mol. The summed E-state index contributed by atoms with van der Waals surface area (Å²) >= 11 is 5.45. The summed E-state index contributed by atoms with van der Waals surface area (Å²) in [5.74, 6) is 0.554. The average Bonchev–Trinajstić information content (AvgIpc) is 3.22. The Labute approximate surface area is 171 Å². The van der Waals surface area contributed by atoms with Gasteiger partial charge in [-0.1, -0.05) is 30.3 Å². The molecule has 138 valence electrons. The van der Waals surface area contributed by atoms with Crippen molar-refractivity contribution in [2.45, 2.75) is 25.8 Å². The zero-order valence-corrected chi connectivity index (χ0v) is 17.6. The molecule has 5 rings (SSSR count). The van der Waals surface area contributed by atoms with Crippen LogP contribution in [-0.4, -0.2) is 22.8 Å². The number of hydrogen-bond acceptors (Lipinski definition) is 3. The van der Waals surface area contributed by atoms with E-state index in [1.54, 1.807) is 11.3 Å². The van der Waals surface area contributed by atoms with Crippen LogP contribution in [0.25, 0.3) is 21.3 Å². The third kappa shape index (κ3) is 2.93. The molecule has 0 amide bonds. The van der Waals surface area contributed by atoms with Crippen molar-refractivity contribution in [3.8, 4) is 0 Å². The second kappa shape index (κ2) is 7.04. The predicted molar refractivity (Wildman–Crippen MR) is 116 cm³/mol. The lowest BCUT2D eigenvalue weighted by Crippen LogP contribution is -2.27. The molecule has 1 saturated heterocycles. The Hall–Kier alpha value is -1.69. The van der Waals surface area contributed by atoms with E-state index < -0.39 is 0 Å². The van der Waals surface area contributed by atoms with Crippen LogP contribution in [-0.2, 0) is 4.74 Å². The molecule has 3 aromatic heterocycles. The molecule has 27 heavy (non-hydrogen) atoms. The fraction of sp³-hybridized carbons (Fsp3) is 0.318. The zero-order chi connectivity index (χ0) is 18.4. The van der Waals surface area contributed by atoms with Gasteiger partial charge in [-0.3, -0.25) is 4.98 Å². The summed E-state index contributed by atoms with van der Waals surface area (Å²) in [6, 6.07) is 13.5. The standard InChI is InChI=1S/C22H21BrN2OS/c1-14-13-27-22-19-18(11-17(23)12-24-19)25(20(14)22)21(15-5-3-2-4-6-15)16-7-9-26-10-8-16/h2-6,11-13,16,21H,7-10H2,1H3. The number of aryl methyl sites for hydroxylation is 1. The quantitative estimate of drug-likeness (QED) is 0.371. The van der Waals surface area contributed by atoms with Crippen LogP contribution >= 0.6 is 27.3 Å². The zero-order valence-electron chi connectivity index (χ0n) is 15.2. The van der Waals surface area contributed by atoms with Crippen LogP contribution < -0.4 is 0 Å². The van der Waals surface area contributed by atoms with E-state index >= 15 is 0 Å². The minimum atomic E-state index is 0.291. The van der Waals surface area contributed by atoms with Gasteiger partial charge in [0.2, 0.25) is 0 Å². The highest BCUT2D eigenvalue weighted by molar-refractivity contribution is 9.10. The number of pyridine rings is 1. The van der Waals surface area contributed by atoms with Crippen LogP contribution in [0.5, 0.6) is 0 Å². The summed E-state index contributed by atoms with van der Waals surface area (Å²) in [6.45, 7) is 3.91. The smallest absolute Gasteiger partial charge is 0.106 e. The van der Waals surface area contributed by atoms with Crippen molar-refractivity contribution in [3.63, 3.8) is 0 Å². The molecule has 1 atom stereocenters. The summed E-state index contributed by atoms with van der Waals surface area (Å²) < 4.78 is 10.6. The van der Waals surface area contributed by atoms with E-state index in [1.807, 2.05) is 6.20 Å². The molecular formula is C22H21BrN2OS. The summed E-state index contributed by atoms with van der Waals surface area (Å²) in [5.41, 5.74) is 6.36. The van der Waals surface area contributed by atoms with Gasteiger partial charge in [0.25, 0.3) is 0 Å². The highest BCUT2D eigenvalue weighted by atomic mass is 79.9. The average molecular weight is 441 g/mol. The minimum absolute atomic E-state index is 0.291. The van der Waals surface area contributed by atoms with Crippen LogP contribution in [0.2, 0.25) is 0 Å². The molecule has 1 aliphatic rings. The number of thiophene rings is 1. The summed E-state index contributed by atoms with van der Waals surface area (Å²) in [4.78, 5) is 4.78. The number of benzene rings is 1. The van der Waals surface area contributed by atoms with E-state index in [1.165, 1.54) is 26.9 Å². The van der Waals surface area contributed by atoms with Crippen molar-refractivity contribution in [2.24, 2.45) is 5.92 Å². The Morgan fingerprint density at radius 1 is 1.22 bits per heavy atom. The maximum Gasteiger partial charge on any atom is 0.106 e. The van der Waals surface area contributed by atoms with Crippen LogP contribution in [0.3, 0.4) is 0 Å². The Kier molecular flexibility index (Phi) is 4.54. The van der Waals surface area contributed by atoms with Crippen LogP contribution in [0.4, 0.5) is 0 Å². The van der Waals surface area contributed by atoms with Gasteiger partial charge in [-0.2, -0.15) is 0 Å². The molecule has 1 aliphatic heterocycles. The lowest BCUT2D eigenvalue weighted by Gasteiger charge is -2.33. The van der Waals surface area contributed by atoms with E-state index in [0.717, 1.165) is 36.0 Å². The number of halogens is 1. The van der Waals surface area contributed by atoms with Gasteiger partial charge in [0, 0.05) is 23.9 Å². The summed E-state index contributed by atoms with van der Waals surface area (Å²) in [7, 11) is 0. The normalized spacial score (nSPS) is 17.0. The molecule has 4 aromatic rings. The number of aromatic nitrogens is 2. The highest BCUT2D eigenvalue weighted by Crippen LogP contribution is 2.43. The molecule has 0 spiro atoms. The van der Waals surface area contributed by atoms with Crippen molar-refractivity contribution in [1.29, 1.82) is 0 Å². The second-order valence-corrected chi connectivity index (χ2v) is 9.09. The van der Waals surface area contributed by atoms with Gasteiger partial charge in [-0.05, 0) is 64.2 Å². The van der Waals surface area contributed by atoms with Gasteiger partial charge < -0.3 is 9.30 Å². The number of fused-ring (bicyclic) bond motifs is 3. The predicted octanol–water partition coefficient (Wildman–Crippen LogP) is 6.34. The van der Waals surface area contributed by atoms with E-state index in [-0.39, 0.29) is 0 Å². The lowest BCUT2D eigenvalue weighted by molar-refractivity contribution is 0.0552. The number of rotatable bonds is 3. The number of nitrogens with zero attached hydrogens (tertiary/aromatic N) is 2. The van der Waals surface area contributed by atoms with E-state index in [0.29, 0.717) is 12.0 Å². The number of ether oxygens (including phenoxy) is 1. The van der Waals surface area contributed by atoms with Gasteiger partial charge in [0.15, 0.2) is 0 Å². The fourth-order valence-electron chi connectivity index (χ4n) is 4.42. The summed E-state index contributed by atoms with van der Waals surface area (Å²) in [5, 5.41) is 2.26. The van der Waals surface area contributed by atoms with E-state index in [4.69, 9.17) is 9.72 Å². The third-order valence-electron chi connectivity index (χ3n) is 5.62. The molecule has 0 bridgehead atoms. The first-order valence-electron chi connectivity index (χ1n) is 9.40. The van der Waals surface area contributed by atoms with Crippen molar-refractivity contribution in [3.05, 3.63) is 63.6 Å². The molecule has 1 unspecified atom stereocenters. The third-order valence-corrected chi connectivity index (χ3v) is 7.15. The second-order valence-electron chi connectivity index (χ2n) is 7.29. The van der Waals surface area contributed by atoms with Crippen LogP contribution in [0.15, 0.2) is 52.4 Å². The van der Waals surface area contributed by atoms with Crippen LogP contribution in [0.1, 0.15) is 30.0 Å². The van der Waals surface area contributed by atoms with Crippen molar-refractivity contribution < 1.29 is 4.74 Å².